The summed E-state index contributed by atoms with van der Waals surface area (Å²) >= 11 is 1.67. The van der Waals surface area contributed by atoms with Crippen molar-refractivity contribution in [2.45, 2.75) is 37.3 Å². The smallest absolute Gasteiger partial charge is 0.407 e. The van der Waals surface area contributed by atoms with Gasteiger partial charge in [0.1, 0.15) is 5.60 Å². The highest BCUT2D eigenvalue weighted by molar-refractivity contribution is 7.98. The standard InChI is InChI=1S/C14H22N2O2S/c1-14(2,3)18-13(17)16-9-12(15)10-6-5-7-11(8-10)19-4/h5-8,12H,9,15H2,1-4H3,(H,16,17). The predicted molar refractivity (Wildman–Crippen MR) is 79.4 cm³/mol. The predicted octanol–water partition coefficient (Wildman–Crippen LogP) is 2.93. The molecule has 0 aromatic heterocycles. The number of carbonyl (C=O) groups excluding carboxylic acids is 1. The summed E-state index contributed by atoms with van der Waals surface area (Å²) < 4.78 is 5.16. The van der Waals surface area contributed by atoms with E-state index >= 15 is 0 Å². The van der Waals surface area contributed by atoms with Crippen LogP contribution < -0.4 is 11.1 Å². The molecule has 1 aromatic carbocycles. The van der Waals surface area contributed by atoms with Crippen LogP contribution in [0.2, 0.25) is 0 Å². The summed E-state index contributed by atoms with van der Waals surface area (Å²) in [6.45, 7) is 5.84. The van der Waals surface area contributed by atoms with Gasteiger partial charge in [-0.15, -0.1) is 11.8 Å². The molecule has 0 fully saturated rings. The zero-order valence-electron chi connectivity index (χ0n) is 11.9. The summed E-state index contributed by atoms with van der Waals surface area (Å²) in [4.78, 5) is 12.7. The summed E-state index contributed by atoms with van der Waals surface area (Å²) in [5.41, 5.74) is 6.56. The lowest BCUT2D eigenvalue weighted by molar-refractivity contribution is 0.0524. The molecule has 1 atom stereocenters. The second-order valence-electron chi connectivity index (χ2n) is 5.27. The van der Waals surface area contributed by atoms with Crippen LogP contribution in [0.3, 0.4) is 0 Å². The van der Waals surface area contributed by atoms with Crippen LogP contribution in [0.25, 0.3) is 0 Å². The number of nitrogens with one attached hydrogen (secondary N) is 1. The lowest BCUT2D eigenvalue weighted by Gasteiger charge is -2.21. The maximum Gasteiger partial charge on any atom is 0.407 e. The monoisotopic (exact) mass is 282 g/mol. The second-order valence-corrected chi connectivity index (χ2v) is 6.15. The van der Waals surface area contributed by atoms with Crippen molar-refractivity contribution in [2.75, 3.05) is 12.8 Å². The van der Waals surface area contributed by atoms with Gasteiger partial charge in [-0.05, 0) is 44.7 Å². The molecule has 19 heavy (non-hydrogen) atoms. The quantitative estimate of drug-likeness (QED) is 0.833. The molecule has 0 aliphatic heterocycles. The van der Waals surface area contributed by atoms with Gasteiger partial charge in [0.25, 0.3) is 0 Å². The molecule has 1 rings (SSSR count). The Morgan fingerprint density at radius 2 is 2.16 bits per heavy atom. The molecule has 3 N–H and O–H groups in total. The topological polar surface area (TPSA) is 64.3 Å². The largest absolute Gasteiger partial charge is 0.444 e. The molecule has 0 radical (unpaired) electrons. The number of ether oxygens (including phenoxy) is 1. The van der Waals surface area contributed by atoms with E-state index in [9.17, 15) is 4.79 Å². The van der Waals surface area contributed by atoms with Crippen molar-refractivity contribution in [3.63, 3.8) is 0 Å². The summed E-state index contributed by atoms with van der Waals surface area (Å²) in [7, 11) is 0. The van der Waals surface area contributed by atoms with Gasteiger partial charge in [-0.1, -0.05) is 12.1 Å². The van der Waals surface area contributed by atoms with Crippen molar-refractivity contribution in [2.24, 2.45) is 5.73 Å². The fourth-order valence-electron chi connectivity index (χ4n) is 1.50. The van der Waals surface area contributed by atoms with Gasteiger partial charge >= 0.3 is 6.09 Å². The molecule has 0 aliphatic rings. The van der Waals surface area contributed by atoms with E-state index in [1.807, 2.05) is 51.3 Å². The Morgan fingerprint density at radius 3 is 2.74 bits per heavy atom. The van der Waals surface area contributed by atoms with Crippen LogP contribution in [0.1, 0.15) is 32.4 Å². The Bertz CT molecular complexity index is 430. The molecule has 1 aromatic rings. The van der Waals surface area contributed by atoms with Gasteiger partial charge in [0.2, 0.25) is 0 Å². The molecule has 0 spiro atoms. The summed E-state index contributed by atoms with van der Waals surface area (Å²) in [5.74, 6) is 0. The van der Waals surface area contributed by atoms with Crippen LogP contribution in [0, 0.1) is 0 Å². The fraction of sp³-hybridized carbons (Fsp3) is 0.500. The van der Waals surface area contributed by atoms with Crippen molar-refractivity contribution in [1.82, 2.24) is 5.32 Å². The highest BCUT2D eigenvalue weighted by Gasteiger charge is 2.16. The number of rotatable bonds is 4. The minimum Gasteiger partial charge on any atom is -0.444 e. The van der Waals surface area contributed by atoms with Crippen LogP contribution in [0.5, 0.6) is 0 Å². The second kappa shape index (κ2) is 6.82. The first-order valence-electron chi connectivity index (χ1n) is 6.18. The first-order valence-corrected chi connectivity index (χ1v) is 7.40. The average Bonchev–Trinajstić information content (AvgIpc) is 2.34. The molecule has 5 heteroatoms. The molecule has 1 amide bonds. The van der Waals surface area contributed by atoms with E-state index in [4.69, 9.17) is 10.5 Å². The Morgan fingerprint density at radius 1 is 1.47 bits per heavy atom. The Balaban J connectivity index is 2.51. The molecule has 4 nitrogen and oxygen atoms in total. The van der Waals surface area contributed by atoms with E-state index in [2.05, 4.69) is 5.32 Å². The van der Waals surface area contributed by atoms with Crippen molar-refractivity contribution in [1.29, 1.82) is 0 Å². The zero-order chi connectivity index (χ0) is 14.5. The molecule has 106 valence electrons. The van der Waals surface area contributed by atoms with Gasteiger partial charge in [0.05, 0.1) is 0 Å². The molecule has 1 unspecified atom stereocenters. The van der Waals surface area contributed by atoms with E-state index in [0.29, 0.717) is 6.54 Å². The highest BCUT2D eigenvalue weighted by Crippen LogP contribution is 2.19. The van der Waals surface area contributed by atoms with Crippen molar-refractivity contribution < 1.29 is 9.53 Å². The van der Waals surface area contributed by atoms with Gasteiger partial charge in [-0.25, -0.2) is 4.79 Å². The maximum absolute atomic E-state index is 11.5. The zero-order valence-corrected chi connectivity index (χ0v) is 12.7. The number of nitrogens with two attached hydrogens (primary N) is 1. The number of benzene rings is 1. The molecule has 0 saturated carbocycles. The Kier molecular flexibility index (Phi) is 5.69. The van der Waals surface area contributed by atoms with Gasteiger partial charge < -0.3 is 15.8 Å². The lowest BCUT2D eigenvalue weighted by Crippen LogP contribution is -2.36. The minimum absolute atomic E-state index is 0.236. The van der Waals surface area contributed by atoms with Gasteiger partial charge in [0.15, 0.2) is 0 Å². The lowest BCUT2D eigenvalue weighted by atomic mass is 10.1. The SMILES string of the molecule is CSc1cccc(C(N)CNC(=O)OC(C)(C)C)c1. The fourth-order valence-corrected chi connectivity index (χ4v) is 1.97. The number of amides is 1. The Hall–Kier alpha value is -1.20. The normalized spacial score (nSPS) is 12.9. The summed E-state index contributed by atoms with van der Waals surface area (Å²) in [6, 6.07) is 7.75. The van der Waals surface area contributed by atoms with E-state index < -0.39 is 11.7 Å². The molecule has 0 aliphatic carbocycles. The number of hydrogen-bond donors (Lipinski definition) is 2. The van der Waals surface area contributed by atoms with Crippen LogP contribution in [0.15, 0.2) is 29.2 Å². The molecular formula is C14H22N2O2S. The summed E-state index contributed by atoms with van der Waals surface area (Å²) in [5, 5.41) is 2.68. The number of hydrogen-bond acceptors (Lipinski definition) is 4. The van der Waals surface area contributed by atoms with Crippen LogP contribution in [0.4, 0.5) is 4.79 Å². The third kappa shape index (κ3) is 5.98. The van der Waals surface area contributed by atoms with Crippen LogP contribution in [-0.2, 0) is 4.74 Å². The van der Waals surface area contributed by atoms with Crippen molar-refractivity contribution in [3.05, 3.63) is 29.8 Å². The van der Waals surface area contributed by atoms with Gasteiger partial charge in [-0.3, -0.25) is 0 Å². The molecule has 0 saturated heterocycles. The van der Waals surface area contributed by atoms with Crippen LogP contribution in [-0.4, -0.2) is 24.5 Å². The molecular weight excluding hydrogens is 260 g/mol. The molecule has 0 heterocycles. The van der Waals surface area contributed by atoms with Crippen molar-refractivity contribution in [3.8, 4) is 0 Å². The average molecular weight is 282 g/mol. The van der Waals surface area contributed by atoms with Gasteiger partial charge in [0, 0.05) is 17.5 Å². The first-order chi connectivity index (χ1) is 8.81. The van der Waals surface area contributed by atoms with E-state index in [-0.39, 0.29) is 6.04 Å². The Labute approximate surface area is 119 Å². The number of carbonyl (C=O) groups is 1. The first kappa shape index (κ1) is 15.9. The minimum atomic E-state index is -0.493. The van der Waals surface area contributed by atoms with E-state index in [1.54, 1.807) is 11.8 Å². The number of alkyl carbamates (subject to hydrolysis) is 1. The van der Waals surface area contributed by atoms with Gasteiger partial charge in [-0.2, -0.15) is 0 Å². The maximum atomic E-state index is 11.5. The third-order valence-corrected chi connectivity index (χ3v) is 3.11. The summed E-state index contributed by atoms with van der Waals surface area (Å²) in [6.07, 6.45) is 1.58. The van der Waals surface area contributed by atoms with Crippen LogP contribution >= 0.6 is 11.8 Å². The van der Waals surface area contributed by atoms with Crippen molar-refractivity contribution >= 4 is 17.9 Å². The number of thioether (sulfide) groups is 1. The van der Waals surface area contributed by atoms with E-state index in [0.717, 1.165) is 10.5 Å². The van der Waals surface area contributed by atoms with E-state index in [1.165, 1.54) is 0 Å². The third-order valence-electron chi connectivity index (χ3n) is 2.39. The highest BCUT2D eigenvalue weighted by atomic mass is 32.2. The molecule has 0 bridgehead atoms.